The van der Waals surface area contributed by atoms with Crippen LogP contribution in [0.5, 0.6) is 0 Å². The topological polar surface area (TPSA) is 0 Å². The minimum atomic E-state index is -1.53. The Morgan fingerprint density at radius 1 is 0.400 bits per heavy atom. The van der Waals surface area contributed by atoms with Gasteiger partial charge in [0.05, 0.1) is 30.8 Å². The molecule has 40 heavy (non-hydrogen) atoms. The molecule has 0 aliphatic heterocycles. The van der Waals surface area contributed by atoms with Crippen LogP contribution < -0.4 is 49.9 Å². The minimum Gasteiger partial charge on any atom is -1.00 e. The summed E-state index contributed by atoms with van der Waals surface area (Å²) in [7, 11) is -2.10. The van der Waals surface area contributed by atoms with Crippen LogP contribution in [0.1, 0.15) is 86.0 Å². The van der Waals surface area contributed by atoms with Crippen LogP contribution in [0, 0.1) is 0 Å². The lowest BCUT2D eigenvalue weighted by molar-refractivity contribution is -0.001000. The fourth-order valence-electron chi connectivity index (χ4n) is 5.69. The van der Waals surface area contributed by atoms with Crippen molar-refractivity contribution in [2.75, 3.05) is 30.8 Å². The third-order valence-electron chi connectivity index (χ3n) is 8.01. The van der Waals surface area contributed by atoms with Crippen LogP contribution in [0.2, 0.25) is 0 Å². The SMILES string of the molecule is CCCC[P+](CCCC)(CCCC)CCCC.CC[P+](c1ccccc1)(c1ccccc1)c1ccccc1.[Br-].[Br-]. The van der Waals surface area contributed by atoms with Crippen LogP contribution in [0.3, 0.4) is 0 Å². The highest BCUT2D eigenvalue weighted by molar-refractivity contribution is 7.95. The summed E-state index contributed by atoms with van der Waals surface area (Å²) in [6.45, 7) is 11.7. The Hall–Kier alpha value is -0.520. The van der Waals surface area contributed by atoms with Crippen LogP contribution in [0.15, 0.2) is 91.0 Å². The number of rotatable bonds is 16. The van der Waals surface area contributed by atoms with Crippen LogP contribution in [-0.4, -0.2) is 30.8 Å². The average molecular weight is 711 g/mol. The molecule has 3 aromatic rings. The van der Waals surface area contributed by atoms with E-state index in [9.17, 15) is 0 Å². The zero-order chi connectivity index (χ0) is 27.5. The third kappa shape index (κ3) is 12.0. The molecule has 0 saturated heterocycles. The standard InChI is InChI=1S/C20H20P.C16H36P.2BrH/c1-2-21(18-12-6-3-7-13-18,19-14-8-4-9-15-19)20-16-10-5-11-17-20;1-5-9-13-17(14-10-6-2,15-11-7-3)16-12-8-4;;/h3-17H,2H2,1H3;5-16H2,1-4H3;2*1H/q2*+1;;/p-2. The molecule has 0 nitrogen and oxygen atoms in total. The van der Waals surface area contributed by atoms with E-state index in [2.05, 4.69) is 126 Å². The maximum absolute atomic E-state index is 2.36. The molecule has 0 N–H and O–H groups in total. The molecule has 3 rings (SSSR count). The molecule has 0 spiro atoms. The Kier molecular flexibility index (Phi) is 22.7. The summed E-state index contributed by atoms with van der Waals surface area (Å²) in [5.74, 6) is 0. The summed E-state index contributed by atoms with van der Waals surface area (Å²) in [6.07, 6.45) is 19.1. The molecular weight excluding hydrogens is 654 g/mol. The maximum Gasteiger partial charge on any atom is 0.111 e. The highest BCUT2D eigenvalue weighted by Crippen LogP contribution is 2.61. The van der Waals surface area contributed by atoms with E-state index < -0.39 is 14.5 Å². The molecule has 0 aromatic heterocycles. The Balaban J connectivity index is 0.000000743. The smallest absolute Gasteiger partial charge is 0.111 e. The van der Waals surface area contributed by atoms with Gasteiger partial charge in [-0.05, 0) is 69.0 Å². The van der Waals surface area contributed by atoms with Gasteiger partial charge in [0.2, 0.25) is 0 Å². The highest BCUT2D eigenvalue weighted by atomic mass is 79.9. The highest BCUT2D eigenvalue weighted by Gasteiger charge is 2.43. The van der Waals surface area contributed by atoms with E-state index in [0.717, 1.165) is 6.16 Å². The van der Waals surface area contributed by atoms with Crippen molar-refractivity contribution in [1.29, 1.82) is 0 Å². The zero-order valence-electron chi connectivity index (χ0n) is 26.0. The fourth-order valence-corrected chi connectivity index (χ4v) is 15.0. The normalized spacial score (nSPS) is 11.0. The quantitative estimate of drug-likeness (QED) is 0.196. The molecule has 0 unspecified atom stereocenters. The Morgan fingerprint density at radius 3 is 0.850 bits per heavy atom. The fraction of sp³-hybridized carbons (Fsp3) is 0.500. The van der Waals surface area contributed by atoms with Crippen molar-refractivity contribution >= 4 is 30.4 Å². The van der Waals surface area contributed by atoms with Gasteiger partial charge in [0.25, 0.3) is 0 Å². The Bertz CT molecular complexity index is 830. The molecule has 0 radical (unpaired) electrons. The second-order valence-corrected chi connectivity index (χ2v) is 19.1. The number of benzene rings is 3. The lowest BCUT2D eigenvalue weighted by Gasteiger charge is -2.28. The van der Waals surface area contributed by atoms with Crippen molar-refractivity contribution in [3.63, 3.8) is 0 Å². The summed E-state index contributed by atoms with van der Waals surface area (Å²) in [5, 5.41) is 4.39. The Labute approximate surface area is 270 Å². The van der Waals surface area contributed by atoms with Gasteiger partial charge in [-0.2, -0.15) is 0 Å². The number of hydrogen-bond acceptors (Lipinski definition) is 0. The zero-order valence-corrected chi connectivity index (χ0v) is 31.0. The van der Waals surface area contributed by atoms with Crippen molar-refractivity contribution in [1.82, 2.24) is 0 Å². The van der Waals surface area contributed by atoms with Crippen LogP contribution >= 0.6 is 14.5 Å². The third-order valence-corrected chi connectivity index (χ3v) is 17.6. The lowest BCUT2D eigenvalue weighted by Crippen LogP contribution is -3.00. The first-order valence-electron chi connectivity index (χ1n) is 15.5. The molecular formula is C36H56Br2P2. The molecule has 0 atom stereocenters. The van der Waals surface area contributed by atoms with Crippen LogP contribution in [-0.2, 0) is 0 Å². The molecule has 0 amide bonds. The van der Waals surface area contributed by atoms with E-state index in [4.69, 9.17) is 0 Å². The summed E-state index contributed by atoms with van der Waals surface area (Å²) in [4.78, 5) is 0. The van der Waals surface area contributed by atoms with E-state index in [1.807, 2.05) is 0 Å². The first-order chi connectivity index (χ1) is 18.6. The van der Waals surface area contributed by atoms with Gasteiger partial charge in [-0.3, -0.25) is 0 Å². The van der Waals surface area contributed by atoms with Crippen molar-refractivity contribution in [2.45, 2.75) is 86.0 Å². The van der Waals surface area contributed by atoms with E-state index >= 15 is 0 Å². The van der Waals surface area contributed by atoms with Crippen molar-refractivity contribution in [3.8, 4) is 0 Å². The average Bonchev–Trinajstić information content (AvgIpc) is 2.99. The van der Waals surface area contributed by atoms with E-state index in [-0.39, 0.29) is 34.0 Å². The van der Waals surface area contributed by atoms with Gasteiger partial charge in [-0.25, -0.2) is 0 Å². The molecule has 4 heteroatoms. The molecule has 3 aromatic carbocycles. The van der Waals surface area contributed by atoms with Crippen molar-refractivity contribution in [2.24, 2.45) is 0 Å². The van der Waals surface area contributed by atoms with Gasteiger partial charge in [0.1, 0.15) is 23.2 Å². The minimum absolute atomic E-state index is 0. The Morgan fingerprint density at radius 2 is 0.650 bits per heavy atom. The molecule has 0 aliphatic carbocycles. The van der Waals surface area contributed by atoms with Gasteiger partial charge in [-0.15, -0.1) is 0 Å². The predicted molar refractivity (Wildman–Crippen MR) is 182 cm³/mol. The maximum atomic E-state index is 2.36. The second-order valence-electron chi connectivity index (χ2n) is 10.8. The van der Waals surface area contributed by atoms with Gasteiger partial charge < -0.3 is 34.0 Å². The number of hydrogen-bond donors (Lipinski definition) is 0. The molecule has 0 fully saturated rings. The molecule has 0 saturated carbocycles. The largest absolute Gasteiger partial charge is 1.00 e. The van der Waals surface area contributed by atoms with Gasteiger partial charge in [0.15, 0.2) is 0 Å². The number of unbranched alkanes of at least 4 members (excludes halogenated alkanes) is 4. The second kappa shape index (κ2) is 23.0. The lowest BCUT2D eigenvalue weighted by atomic mass is 10.4. The molecule has 0 bridgehead atoms. The first-order valence-corrected chi connectivity index (χ1v) is 20.0. The summed E-state index contributed by atoms with van der Waals surface area (Å²) < 4.78 is 0. The first kappa shape index (κ1) is 39.5. The van der Waals surface area contributed by atoms with Gasteiger partial charge >= 0.3 is 0 Å². The van der Waals surface area contributed by atoms with Crippen molar-refractivity contribution in [3.05, 3.63) is 91.0 Å². The predicted octanol–water partition coefficient (Wildman–Crippen LogP) is 4.21. The van der Waals surface area contributed by atoms with Gasteiger partial charge in [0, 0.05) is 7.26 Å². The number of halogens is 2. The molecule has 0 aliphatic rings. The molecule has 224 valence electrons. The monoisotopic (exact) mass is 708 g/mol. The van der Waals surface area contributed by atoms with Crippen LogP contribution in [0.4, 0.5) is 0 Å². The van der Waals surface area contributed by atoms with Crippen LogP contribution in [0.25, 0.3) is 0 Å². The summed E-state index contributed by atoms with van der Waals surface area (Å²) in [6, 6.07) is 33.0. The van der Waals surface area contributed by atoms with E-state index in [1.165, 1.54) is 67.3 Å². The molecule has 0 heterocycles. The van der Waals surface area contributed by atoms with Crippen molar-refractivity contribution < 1.29 is 34.0 Å². The van der Waals surface area contributed by atoms with E-state index in [1.54, 1.807) is 24.6 Å². The summed E-state index contributed by atoms with van der Waals surface area (Å²) >= 11 is 0. The van der Waals surface area contributed by atoms with E-state index in [0.29, 0.717) is 0 Å². The summed E-state index contributed by atoms with van der Waals surface area (Å²) in [5.41, 5.74) is 0. The van der Waals surface area contributed by atoms with Gasteiger partial charge in [-0.1, -0.05) is 108 Å².